The van der Waals surface area contributed by atoms with Crippen LogP contribution in [0.4, 0.5) is 18.9 Å². The molecule has 0 saturated heterocycles. The summed E-state index contributed by atoms with van der Waals surface area (Å²) in [6.45, 7) is 0.272. The van der Waals surface area contributed by atoms with Crippen molar-refractivity contribution in [2.45, 2.75) is 28.5 Å². The first kappa shape index (κ1) is 23.6. The van der Waals surface area contributed by atoms with Gasteiger partial charge in [0.25, 0.3) is 11.8 Å². The molecule has 0 spiro atoms. The zero-order valence-electron chi connectivity index (χ0n) is 15.5. The Labute approximate surface area is 174 Å². The van der Waals surface area contributed by atoms with Crippen LogP contribution in [0.25, 0.3) is 0 Å². The number of benzene rings is 2. The van der Waals surface area contributed by atoms with Crippen LogP contribution in [0.5, 0.6) is 0 Å². The number of anilines is 1. The molecule has 2 amide bonds. The summed E-state index contributed by atoms with van der Waals surface area (Å²) in [5.41, 5.74) is -3.91. The maximum Gasteiger partial charge on any atom is 0.426 e. The highest BCUT2D eigenvalue weighted by Gasteiger charge is 2.55. The SMILES string of the molecule is CNC(=O)c1cccc(S(=O)(=O)c2ccc(NC(=O)[C@@](C)(O)C(F)(F)F)c(Cl)c2)c1. The van der Waals surface area contributed by atoms with Gasteiger partial charge in [-0.1, -0.05) is 17.7 Å². The standard InChI is InChI=1S/C18H16ClF3N2O5S/c1-17(27,18(20,21)22)16(26)24-14-7-6-12(9-13(14)19)30(28,29)11-5-3-4-10(8-11)15(25)23-2/h3-9,27H,1-2H3,(H,23,25)(H,24,26)/t17-/m1/s1. The largest absolute Gasteiger partial charge is 0.426 e. The topological polar surface area (TPSA) is 113 Å². The number of sulfone groups is 1. The Morgan fingerprint density at radius 3 is 2.20 bits per heavy atom. The molecule has 3 N–H and O–H groups in total. The van der Waals surface area contributed by atoms with Crippen molar-refractivity contribution in [3.63, 3.8) is 0 Å². The molecular formula is C18H16ClF3N2O5S. The second kappa shape index (κ2) is 8.25. The van der Waals surface area contributed by atoms with E-state index in [0.29, 0.717) is 0 Å². The molecule has 0 bridgehead atoms. The zero-order valence-corrected chi connectivity index (χ0v) is 17.1. The molecule has 1 atom stereocenters. The normalized spacial score (nSPS) is 14.0. The molecule has 0 radical (unpaired) electrons. The van der Waals surface area contributed by atoms with Crippen molar-refractivity contribution in [1.29, 1.82) is 0 Å². The fraction of sp³-hybridized carbons (Fsp3) is 0.222. The van der Waals surface area contributed by atoms with Crippen molar-refractivity contribution in [3.8, 4) is 0 Å². The number of carbonyl (C=O) groups is 2. The number of amides is 2. The predicted molar refractivity (Wildman–Crippen MR) is 102 cm³/mol. The molecule has 0 aliphatic carbocycles. The molecule has 30 heavy (non-hydrogen) atoms. The quantitative estimate of drug-likeness (QED) is 0.630. The van der Waals surface area contributed by atoms with Gasteiger partial charge in [0.1, 0.15) is 0 Å². The number of halogens is 4. The van der Waals surface area contributed by atoms with E-state index in [1.54, 1.807) is 0 Å². The molecular weight excluding hydrogens is 449 g/mol. The van der Waals surface area contributed by atoms with Crippen molar-refractivity contribution in [1.82, 2.24) is 5.32 Å². The van der Waals surface area contributed by atoms with Crippen molar-refractivity contribution >= 4 is 38.9 Å². The summed E-state index contributed by atoms with van der Waals surface area (Å²) >= 11 is 5.93. The van der Waals surface area contributed by atoms with Gasteiger partial charge in [-0.05, 0) is 43.3 Å². The fourth-order valence-corrected chi connectivity index (χ4v) is 3.85. The fourth-order valence-electron chi connectivity index (χ4n) is 2.22. The van der Waals surface area contributed by atoms with E-state index >= 15 is 0 Å². The van der Waals surface area contributed by atoms with Gasteiger partial charge in [0.05, 0.1) is 20.5 Å². The lowest BCUT2D eigenvalue weighted by molar-refractivity contribution is -0.242. The van der Waals surface area contributed by atoms with Crippen molar-refractivity contribution in [2.24, 2.45) is 0 Å². The summed E-state index contributed by atoms with van der Waals surface area (Å²) in [6, 6.07) is 8.13. The van der Waals surface area contributed by atoms with Gasteiger partial charge in [0.2, 0.25) is 15.4 Å². The Morgan fingerprint density at radius 1 is 1.07 bits per heavy atom. The first-order valence-electron chi connectivity index (χ1n) is 8.19. The third-order valence-corrected chi connectivity index (χ3v) is 6.19. The van der Waals surface area contributed by atoms with Crippen molar-refractivity contribution < 1.29 is 36.3 Å². The van der Waals surface area contributed by atoms with Crippen LogP contribution < -0.4 is 10.6 Å². The van der Waals surface area contributed by atoms with Gasteiger partial charge in [-0.25, -0.2) is 8.42 Å². The molecule has 0 aromatic heterocycles. The number of rotatable bonds is 5. The maximum absolute atomic E-state index is 12.8. The second-order valence-corrected chi connectivity index (χ2v) is 8.63. The monoisotopic (exact) mass is 464 g/mol. The minimum Gasteiger partial charge on any atom is -0.373 e. The van der Waals surface area contributed by atoms with Crippen LogP contribution >= 0.6 is 11.6 Å². The third-order valence-electron chi connectivity index (χ3n) is 4.13. The van der Waals surface area contributed by atoms with Gasteiger partial charge < -0.3 is 15.7 Å². The summed E-state index contributed by atoms with van der Waals surface area (Å²) in [5, 5.41) is 13.2. The summed E-state index contributed by atoms with van der Waals surface area (Å²) < 4.78 is 63.9. The molecule has 2 rings (SSSR count). The minimum absolute atomic E-state index is 0.0999. The van der Waals surface area contributed by atoms with E-state index in [2.05, 4.69) is 5.32 Å². The highest BCUT2D eigenvalue weighted by atomic mass is 35.5. The molecule has 0 fully saturated rings. The average Bonchev–Trinajstić information content (AvgIpc) is 2.67. The summed E-state index contributed by atoms with van der Waals surface area (Å²) in [4.78, 5) is 23.0. The highest BCUT2D eigenvalue weighted by Crippen LogP contribution is 2.33. The summed E-state index contributed by atoms with van der Waals surface area (Å²) in [6.07, 6.45) is -5.23. The molecule has 0 unspecified atom stereocenters. The Morgan fingerprint density at radius 2 is 1.67 bits per heavy atom. The van der Waals surface area contributed by atoms with Gasteiger partial charge in [-0.3, -0.25) is 9.59 Å². The number of aliphatic hydroxyl groups is 1. The lowest BCUT2D eigenvalue weighted by Gasteiger charge is -2.25. The van der Waals surface area contributed by atoms with Crippen molar-refractivity contribution in [3.05, 3.63) is 53.1 Å². The van der Waals surface area contributed by atoms with Crippen LogP contribution in [0.2, 0.25) is 5.02 Å². The molecule has 7 nitrogen and oxygen atoms in total. The summed E-state index contributed by atoms with van der Waals surface area (Å²) in [7, 11) is -2.75. The lowest BCUT2D eigenvalue weighted by Crippen LogP contribution is -2.52. The Hall–Kier alpha value is -2.63. The van der Waals surface area contributed by atoms with Crippen LogP contribution in [0.15, 0.2) is 52.3 Å². The molecule has 0 saturated carbocycles. The molecule has 12 heteroatoms. The molecule has 162 valence electrons. The first-order chi connectivity index (χ1) is 13.7. The Balaban J connectivity index is 2.37. The number of hydrogen-bond acceptors (Lipinski definition) is 5. The maximum atomic E-state index is 12.8. The van der Waals surface area contributed by atoms with E-state index in [1.165, 1.54) is 25.2 Å². The highest BCUT2D eigenvalue weighted by molar-refractivity contribution is 7.91. The molecule has 0 aliphatic rings. The number of nitrogens with one attached hydrogen (secondary N) is 2. The third kappa shape index (κ3) is 4.58. The smallest absolute Gasteiger partial charge is 0.373 e. The van der Waals surface area contributed by atoms with Crippen LogP contribution in [0, 0.1) is 0 Å². The number of alkyl halides is 3. The second-order valence-electron chi connectivity index (χ2n) is 6.28. The van der Waals surface area contributed by atoms with Crippen LogP contribution in [-0.4, -0.2) is 44.2 Å². The number of carbonyl (C=O) groups excluding carboxylic acids is 2. The molecule has 0 heterocycles. The lowest BCUT2D eigenvalue weighted by atomic mass is 10.1. The van der Waals surface area contributed by atoms with Gasteiger partial charge >= 0.3 is 6.18 Å². The molecule has 2 aromatic carbocycles. The minimum atomic E-state index is -5.23. The summed E-state index contributed by atoms with van der Waals surface area (Å²) in [5.74, 6) is -2.29. The average molecular weight is 465 g/mol. The van der Waals surface area contributed by atoms with E-state index in [-0.39, 0.29) is 33.0 Å². The Bertz CT molecular complexity index is 1100. The molecule has 2 aromatic rings. The van der Waals surface area contributed by atoms with Gasteiger partial charge in [0.15, 0.2) is 0 Å². The van der Waals surface area contributed by atoms with E-state index in [4.69, 9.17) is 11.6 Å². The predicted octanol–water partition coefficient (Wildman–Crippen LogP) is 2.78. The van der Waals surface area contributed by atoms with Crippen LogP contribution in [0.1, 0.15) is 17.3 Å². The van der Waals surface area contributed by atoms with E-state index in [9.17, 15) is 36.3 Å². The van der Waals surface area contributed by atoms with E-state index in [0.717, 1.165) is 24.3 Å². The van der Waals surface area contributed by atoms with E-state index < -0.39 is 33.4 Å². The van der Waals surface area contributed by atoms with Gasteiger partial charge in [-0.15, -0.1) is 0 Å². The molecule has 0 aliphatic heterocycles. The van der Waals surface area contributed by atoms with Gasteiger partial charge in [-0.2, -0.15) is 13.2 Å². The zero-order chi connectivity index (χ0) is 22.9. The number of hydrogen-bond donors (Lipinski definition) is 3. The van der Waals surface area contributed by atoms with Gasteiger partial charge in [0, 0.05) is 12.6 Å². The van der Waals surface area contributed by atoms with Crippen LogP contribution in [0.3, 0.4) is 0 Å². The van der Waals surface area contributed by atoms with Crippen LogP contribution in [-0.2, 0) is 14.6 Å². The Kier molecular flexibility index (Phi) is 6.50. The van der Waals surface area contributed by atoms with E-state index in [1.807, 2.05) is 5.32 Å². The first-order valence-corrected chi connectivity index (χ1v) is 10.0. The van der Waals surface area contributed by atoms with Crippen molar-refractivity contribution in [2.75, 3.05) is 12.4 Å².